The Morgan fingerprint density at radius 3 is 1.86 bits per heavy atom. The lowest BCUT2D eigenvalue weighted by Gasteiger charge is -1.95. The first-order chi connectivity index (χ1) is 17.1. The van der Waals surface area contributed by atoms with Crippen LogP contribution in [0.3, 0.4) is 0 Å². The minimum Gasteiger partial charge on any atom is -0.461 e. The number of carbonyl (C=O) groups is 1. The molecule has 2 aromatic carbocycles. The maximum atomic E-state index is 11.5. The summed E-state index contributed by atoms with van der Waals surface area (Å²) < 4.78 is 8.22. The van der Waals surface area contributed by atoms with Crippen LogP contribution in [0, 0.1) is 0 Å². The van der Waals surface area contributed by atoms with Crippen molar-refractivity contribution in [3.8, 4) is 21.1 Å². The third-order valence-corrected chi connectivity index (χ3v) is 6.77. The Labute approximate surface area is 215 Å². The molecular weight excluding hydrogens is 496 g/mol. The molecule has 0 fully saturated rings. The zero-order valence-corrected chi connectivity index (χ0v) is 20.2. The molecule has 0 saturated heterocycles. The number of imidazole rings is 2. The van der Waals surface area contributed by atoms with Crippen LogP contribution in [0.5, 0.6) is 0 Å². The van der Waals surface area contributed by atoms with Crippen molar-refractivity contribution in [2.45, 2.75) is 21.0 Å². The van der Waals surface area contributed by atoms with Crippen LogP contribution in [0.4, 0.5) is 0 Å². The number of rotatable bonds is 5. The molecule has 0 atom stereocenters. The van der Waals surface area contributed by atoms with Crippen molar-refractivity contribution in [2.24, 2.45) is 0 Å². The molecule has 0 aliphatic heterocycles. The number of hydrogen-bond acceptors (Lipinski definition) is 9. The highest BCUT2D eigenvalue weighted by Gasteiger charge is 2.15. The molecule has 6 aromatic rings. The maximum Gasteiger partial charge on any atom is 0.358 e. The lowest BCUT2D eigenvalue weighted by atomic mass is 10.2. The Hall–Kier alpha value is -3.93. The largest absolute Gasteiger partial charge is 0.461 e. The second kappa shape index (κ2) is 11.2. The number of fused-ring (bicyclic) bond motifs is 2. The Kier molecular flexibility index (Phi) is 7.84. The van der Waals surface area contributed by atoms with E-state index in [2.05, 4.69) is 20.2 Å². The van der Waals surface area contributed by atoms with Gasteiger partial charge < -0.3 is 9.84 Å². The van der Waals surface area contributed by atoms with E-state index in [4.69, 9.17) is 9.84 Å². The van der Waals surface area contributed by atoms with Crippen LogP contribution in [-0.4, -0.2) is 46.9 Å². The van der Waals surface area contributed by atoms with E-state index >= 15 is 0 Å². The maximum absolute atomic E-state index is 11.5. The first kappa shape index (κ1) is 25.2. The summed E-state index contributed by atoms with van der Waals surface area (Å²) in [5.74, 6) is -0.415. The molecule has 0 aliphatic carbocycles. The fourth-order valence-electron chi connectivity index (χ4n) is 3.22. The number of benzene rings is 2. The standard InChI is InChI=1S/C13H11N3O2S.C11H9N3OS.CH4/c1-2-18-12(17)10-8-16-13(14-10)19-11(15-16)9-6-4-3-5-7-9;15-7-9-6-14-11(12-9)16-10(13-14)8-4-2-1-3-5-8;/h3-8H,2H2,1H3;1-6,15H,7H2;1H4. The van der Waals surface area contributed by atoms with Gasteiger partial charge in [0.15, 0.2) is 5.69 Å². The highest BCUT2D eigenvalue weighted by Crippen LogP contribution is 2.26. The van der Waals surface area contributed by atoms with E-state index in [9.17, 15) is 4.79 Å². The molecular formula is C25H24N6O3S2. The van der Waals surface area contributed by atoms with E-state index < -0.39 is 5.97 Å². The number of esters is 1. The van der Waals surface area contributed by atoms with Crippen LogP contribution in [0.15, 0.2) is 73.1 Å². The molecule has 184 valence electrons. The van der Waals surface area contributed by atoms with Gasteiger partial charge in [-0.2, -0.15) is 10.2 Å². The Balaban J connectivity index is 0.000000167. The van der Waals surface area contributed by atoms with Crippen LogP contribution in [0.2, 0.25) is 0 Å². The summed E-state index contributed by atoms with van der Waals surface area (Å²) in [4.78, 5) is 21.5. The summed E-state index contributed by atoms with van der Waals surface area (Å²) in [5, 5.41) is 19.6. The first-order valence-corrected chi connectivity index (χ1v) is 12.4. The van der Waals surface area contributed by atoms with Gasteiger partial charge in [0.2, 0.25) is 9.92 Å². The molecule has 0 amide bonds. The second-order valence-corrected chi connectivity index (χ2v) is 9.15. The van der Waals surface area contributed by atoms with Gasteiger partial charge in [-0.3, -0.25) is 0 Å². The molecule has 6 rings (SSSR count). The summed E-state index contributed by atoms with van der Waals surface area (Å²) in [6, 6.07) is 19.9. The van der Waals surface area contributed by atoms with Gasteiger partial charge in [-0.15, -0.1) is 0 Å². The highest BCUT2D eigenvalue weighted by molar-refractivity contribution is 7.20. The van der Waals surface area contributed by atoms with Gasteiger partial charge >= 0.3 is 5.97 Å². The molecule has 0 aliphatic rings. The van der Waals surface area contributed by atoms with E-state index in [-0.39, 0.29) is 14.0 Å². The molecule has 4 aromatic heterocycles. The number of ether oxygens (including phenoxy) is 1. The van der Waals surface area contributed by atoms with Crippen molar-refractivity contribution in [3.63, 3.8) is 0 Å². The van der Waals surface area contributed by atoms with E-state index in [1.54, 1.807) is 28.3 Å². The van der Waals surface area contributed by atoms with Gasteiger partial charge in [0.05, 0.1) is 31.3 Å². The average Bonchev–Trinajstić information content (AvgIpc) is 3.65. The van der Waals surface area contributed by atoms with E-state index in [1.807, 2.05) is 60.7 Å². The van der Waals surface area contributed by atoms with Gasteiger partial charge in [0.1, 0.15) is 10.0 Å². The molecule has 0 bridgehead atoms. The predicted octanol–water partition coefficient (Wildman–Crippen LogP) is 5.22. The first-order valence-electron chi connectivity index (χ1n) is 10.7. The molecule has 0 radical (unpaired) electrons. The van der Waals surface area contributed by atoms with Crippen molar-refractivity contribution < 1.29 is 14.6 Å². The predicted molar refractivity (Wildman–Crippen MR) is 141 cm³/mol. The van der Waals surface area contributed by atoms with Gasteiger partial charge in [-0.1, -0.05) is 90.8 Å². The van der Waals surface area contributed by atoms with Crippen molar-refractivity contribution in [1.29, 1.82) is 0 Å². The SMILES string of the molecule is C.CCOC(=O)c1cn2nc(-c3ccccc3)sc2n1.OCc1cn2nc(-c3ccccc3)sc2n1. The van der Waals surface area contributed by atoms with Crippen molar-refractivity contribution in [2.75, 3.05) is 6.61 Å². The normalized spacial score (nSPS) is 10.6. The monoisotopic (exact) mass is 520 g/mol. The zero-order chi connectivity index (χ0) is 24.2. The summed E-state index contributed by atoms with van der Waals surface area (Å²) in [5.41, 5.74) is 3.07. The summed E-state index contributed by atoms with van der Waals surface area (Å²) in [6.45, 7) is 2.06. The van der Waals surface area contributed by atoms with Gasteiger partial charge in [0.25, 0.3) is 0 Å². The number of aliphatic hydroxyl groups is 1. The molecule has 9 nitrogen and oxygen atoms in total. The quantitative estimate of drug-likeness (QED) is 0.311. The smallest absolute Gasteiger partial charge is 0.358 e. The van der Waals surface area contributed by atoms with Crippen LogP contribution in [0.25, 0.3) is 31.1 Å². The van der Waals surface area contributed by atoms with Crippen molar-refractivity contribution in [3.05, 3.63) is 84.4 Å². The number of aromatic nitrogens is 6. The fourth-order valence-corrected chi connectivity index (χ4v) is 5.01. The third kappa shape index (κ3) is 5.33. The molecule has 11 heteroatoms. The van der Waals surface area contributed by atoms with Crippen LogP contribution >= 0.6 is 22.7 Å². The highest BCUT2D eigenvalue weighted by atomic mass is 32.1. The van der Waals surface area contributed by atoms with E-state index in [1.165, 1.54) is 22.7 Å². The topological polar surface area (TPSA) is 107 Å². The Bertz CT molecular complexity index is 1510. The van der Waals surface area contributed by atoms with Crippen LogP contribution in [0.1, 0.15) is 30.5 Å². The van der Waals surface area contributed by atoms with Crippen LogP contribution in [-0.2, 0) is 11.3 Å². The van der Waals surface area contributed by atoms with Gasteiger partial charge in [-0.25, -0.2) is 23.8 Å². The fraction of sp³-hybridized carbons (Fsp3) is 0.160. The Morgan fingerprint density at radius 2 is 1.39 bits per heavy atom. The molecule has 1 N–H and O–H groups in total. The number of aliphatic hydroxyl groups excluding tert-OH is 1. The molecule has 36 heavy (non-hydrogen) atoms. The lowest BCUT2D eigenvalue weighted by Crippen LogP contribution is -2.04. The Morgan fingerprint density at radius 1 is 0.861 bits per heavy atom. The molecule has 0 unspecified atom stereocenters. The minimum absolute atomic E-state index is 0. The number of hydrogen-bond donors (Lipinski definition) is 1. The number of nitrogens with zero attached hydrogens (tertiary/aromatic N) is 6. The molecule has 4 heterocycles. The molecule has 0 saturated carbocycles. The van der Waals surface area contributed by atoms with Gasteiger partial charge in [-0.05, 0) is 6.92 Å². The minimum atomic E-state index is -0.415. The summed E-state index contributed by atoms with van der Waals surface area (Å²) in [6.07, 6.45) is 3.34. The van der Waals surface area contributed by atoms with E-state index in [0.717, 1.165) is 26.1 Å². The average molecular weight is 521 g/mol. The molecule has 0 spiro atoms. The second-order valence-electron chi connectivity index (χ2n) is 7.24. The van der Waals surface area contributed by atoms with Crippen LogP contribution < -0.4 is 0 Å². The van der Waals surface area contributed by atoms with Crippen molar-refractivity contribution in [1.82, 2.24) is 29.2 Å². The van der Waals surface area contributed by atoms with Crippen molar-refractivity contribution >= 4 is 38.6 Å². The van der Waals surface area contributed by atoms with Gasteiger partial charge in [0, 0.05) is 11.1 Å². The summed E-state index contributed by atoms with van der Waals surface area (Å²) in [7, 11) is 0. The zero-order valence-electron chi connectivity index (χ0n) is 18.6. The van der Waals surface area contributed by atoms with E-state index in [0.29, 0.717) is 23.0 Å². The summed E-state index contributed by atoms with van der Waals surface area (Å²) >= 11 is 2.96. The number of carbonyl (C=O) groups excluding carboxylic acids is 1. The third-order valence-electron chi connectivity index (χ3n) is 4.82. The lowest BCUT2D eigenvalue weighted by molar-refractivity contribution is 0.0520.